The number of nitrogens with zero attached hydrogens (tertiary/aromatic N) is 1. The maximum absolute atomic E-state index is 12.2. The highest BCUT2D eigenvalue weighted by Crippen LogP contribution is 2.11. The Bertz CT molecular complexity index is 621. The van der Waals surface area contributed by atoms with E-state index in [4.69, 9.17) is 0 Å². The van der Waals surface area contributed by atoms with Crippen LogP contribution in [0.5, 0.6) is 0 Å². The molecule has 176 valence electrons. The van der Waals surface area contributed by atoms with Crippen LogP contribution >= 0.6 is 0 Å². The number of hydrogen-bond acceptors (Lipinski definition) is 2. The predicted molar refractivity (Wildman–Crippen MR) is 125 cm³/mol. The molecule has 0 aliphatic heterocycles. The first-order valence-electron chi connectivity index (χ1n) is 11.7. The van der Waals surface area contributed by atoms with E-state index in [1.165, 1.54) is 50.5 Å². The molecule has 0 aliphatic rings. The third-order valence-electron chi connectivity index (χ3n) is 5.48. The highest BCUT2D eigenvalue weighted by molar-refractivity contribution is 7.89. The average molecular weight is 461 g/mol. The van der Waals surface area contributed by atoms with Gasteiger partial charge in [0.2, 0.25) is 10.0 Å². The lowest BCUT2D eigenvalue weighted by Gasteiger charge is -2.30. The lowest BCUT2D eigenvalue weighted by Crippen LogP contribution is -3.00. The molecule has 1 aromatic carbocycles. The van der Waals surface area contributed by atoms with E-state index in [0.717, 1.165) is 43.3 Å². The maximum atomic E-state index is 12.2. The Morgan fingerprint density at radius 2 is 1.33 bits per heavy atom. The van der Waals surface area contributed by atoms with Gasteiger partial charge in [0.15, 0.2) is 0 Å². The fraction of sp³-hybridized carbons (Fsp3) is 0.750. The van der Waals surface area contributed by atoms with E-state index < -0.39 is 10.0 Å². The Balaban J connectivity index is 0.00000841. The topological polar surface area (TPSA) is 46.2 Å². The van der Waals surface area contributed by atoms with Crippen molar-refractivity contribution >= 4 is 10.0 Å². The quantitative estimate of drug-likeness (QED) is 0.270. The van der Waals surface area contributed by atoms with Crippen LogP contribution in [-0.2, 0) is 16.6 Å². The average Bonchev–Trinajstić information content (AvgIpc) is 2.67. The molecule has 0 heterocycles. The maximum Gasteiger partial charge on any atom is 0.211 e. The molecule has 0 saturated carbocycles. The van der Waals surface area contributed by atoms with Gasteiger partial charge >= 0.3 is 0 Å². The number of quaternary nitrogens is 1. The molecule has 0 amide bonds. The zero-order valence-corrected chi connectivity index (χ0v) is 21.1. The standard InChI is InChI=1S/C24H45N2O2S.ClH/c1-4-5-6-7-8-9-10-11-12-16-22-29(27,28)25-20-17-21-26(2,3)23-24-18-14-13-15-19-24;/h13-15,18-19,25H,4-12,16-17,20-23H2,1-3H3;1H/q+1;/p-1. The third-order valence-corrected chi connectivity index (χ3v) is 6.95. The van der Waals surface area contributed by atoms with Gasteiger partial charge in [-0.1, -0.05) is 95.0 Å². The van der Waals surface area contributed by atoms with E-state index in [2.05, 4.69) is 50.0 Å². The molecular formula is C24H45ClN2O2S. The zero-order chi connectivity index (χ0) is 21.4. The third kappa shape index (κ3) is 16.1. The molecule has 1 N–H and O–H groups in total. The van der Waals surface area contributed by atoms with Gasteiger partial charge in [-0.15, -0.1) is 0 Å². The highest BCUT2D eigenvalue weighted by Gasteiger charge is 2.16. The molecule has 0 saturated heterocycles. The van der Waals surface area contributed by atoms with Crippen LogP contribution in [0.1, 0.15) is 83.1 Å². The molecule has 30 heavy (non-hydrogen) atoms. The fourth-order valence-corrected chi connectivity index (χ4v) is 4.93. The number of hydrogen-bond donors (Lipinski definition) is 1. The summed E-state index contributed by atoms with van der Waals surface area (Å²) in [6.07, 6.45) is 13.1. The van der Waals surface area contributed by atoms with Crippen LogP contribution in [0.15, 0.2) is 30.3 Å². The monoisotopic (exact) mass is 460 g/mol. The molecule has 0 radical (unpaired) electrons. The smallest absolute Gasteiger partial charge is 0.211 e. The molecule has 4 nitrogen and oxygen atoms in total. The summed E-state index contributed by atoms with van der Waals surface area (Å²) < 4.78 is 28.0. The molecule has 6 heteroatoms. The number of halogens is 1. The Morgan fingerprint density at radius 1 is 0.800 bits per heavy atom. The van der Waals surface area contributed by atoms with Gasteiger partial charge in [0.25, 0.3) is 0 Å². The molecule has 0 fully saturated rings. The number of unbranched alkanes of at least 4 members (excludes halogenated alkanes) is 9. The second-order valence-corrected chi connectivity index (χ2v) is 11.0. The second-order valence-electron chi connectivity index (χ2n) is 9.05. The van der Waals surface area contributed by atoms with Crippen molar-refractivity contribution in [2.24, 2.45) is 0 Å². The van der Waals surface area contributed by atoms with Crippen LogP contribution < -0.4 is 17.1 Å². The highest BCUT2D eigenvalue weighted by atomic mass is 35.5. The largest absolute Gasteiger partial charge is 1.00 e. The molecule has 0 aromatic heterocycles. The van der Waals surface area contributed by atoms with Crippen molar-refractivity contribution in [3.05, 3.63) is 35.9 Å². The molecule has 1 rings (SSSR count). The van der Waals surface area contributed by atoms with Crippen molar-refractivity contribution in [1.29, 1.82) is 0 Å². The van der Waals surface area contributed by atoms with Gasteiger partial charge in [-0.3, -0.25) is 0 Å². The summed E-state index contributed by atoms with van der Waals surface area (Å²) in [6.45, 7) is 4.70. The number of sulfonamides is 1. The summed E-state index contributed by atoms with van der Waals surface area (Å²) in [7, 11) is 1.28. The Morgan fingerprint density at radius 3 is 1.90 bits per heavy atom. The van der Waals surface area contributed by atoms with Crippen molar-refractivity contribution in [2.45, 2.75) is 84.1 Å². The van der Waals surface area contributed by atoms with Crippen LogP contribution in [0.25, 0.3) is 0 Å². The lowest BCUT2D eigenvalue weighted by molar-refractivity contribution is -0.903. The van der Waals surface area contributed by atoms with Gasteiger partial charge < -0.3 is 16.9 Å². The summed E-state index contributed by atoms with van der Waals surface area (Å²) in [5.41, 5.74) is 1.32. The first kappa shape index (κ1) is 29.4. The van der Waals surface area contributed by atoms with E-state index in [1.807, 2.05) is 6.07 Å². The number of nitrogens with one attached hydrogen (secondary N) is 1. The van der Waals surface area contributed by atoms with Gasteiger partial charge in [0.1, 0.15) is 6.54 Å². The second kappa shape index (κ2) is 17.0. The van der Waals surface area contributed by atoms with Gasteiger partial charge in [0, 0.05) is 18.5 Å². The van der Waals surface area contributed by atoms with Crippen LogP contribution in [0, 0.1) is 0 Å². The minimum atomic E-state index is -3.12. The Labute approximate surface area is 192 Å². The van der Waals surface area contributed by atoms with Crippen molar-refractivity contribution < 1.29 is 25.3 Å². The Hall–Kier alpha value is -0.620. The van der Waals surface area contributed by atoms with Crippen molar-refractivity contribution in [3.63, 3.8) is 0 Å². The number of benzene rings is 1. The molecule has 0 bridgehead atoms. The number of rotatable bonds is 18. The summed E-state index contributed by atoms with van der Waals surface area (Å²) in [5.74, 6) is 0.270. The van der Waals surface area contributed by atoms with Crippen LogP contribution in [0.2, 0.25) is 0 Å². The van der Waals surface area contributed by atoms with Crippen molar-refractivity contribution in [2.75, 3.05) is 32.9 Å². The van der Waals surface area contributed by atoms with Crippen LogP contribution in [0.4, 0.5) is 0 Å². The first-order chi connectivity index (χ1) is 13.8. The lowest BCUT2D eigenvalue weighted by atomic mass is 10.1. The van der Waals surface area contributed by atoms with Gasteiger partial charge in [-0.05, 0) is 6.42 Å². The van der Waals surface area contributed by atoms with E-state index in [-0.39, 0.29) is 18.2 Å². The zero-order valence-electron chi connectivity index (χ0n) is 19.5. The van der Waals surface area contributed by atoms with E-state index in [1.54, 1.807) is 0 Å². The van der Waals surface area contributed by atoms with Gasteiger partial charge in [-0.2, -0.15) is 0 Å². The van der Waals surface area contributed by atoms with E-state index in [0.29, 0.717) is 6.54 Å². The SMILES string of the molecule is CCCCCCCCCCCCS(=O)(=O)NCCC[N+](C)(C)Cc1ccccc1.[Cl-]. The fourth-order valence-electron chi connectivity index (χ4n) is 3.74. The minimum Gasteiger partial charge on any atom is -1.00 e. The van der Waals surface area contributed by atoms with E-state index >= 15 is 0 Å². The first-order valence-corrected chi connectivity index (χ1v) is 13.3. The summed E-state index contributed by atoms with van der Waals surface area (Å²) in [6, 6.07) is 10.5. The van der Waals surface area contributed by atoms with Gasteiger partial charge in [0.05, 0.1) is 26.4 Å². The van der Waals surface area contributed by atoms with Crippen molar-refractivity contribution in [1.82, 2.24) is 4.72 Å². The summed E-state index contributed by atoms with van der Waals surface area (Å²) in [5, 5.41) is 0. The minimum absolute atomic E-state index is 0. The molecule has 1 aromatic rings. The Kier molecular flexibility index (Phi) is 16.6. The molecule has 0 aliphatic carbocycles. The van der Waals surface area contributed by atoms with Crippen LogP contribution in [-0.4, -0.2) is 45.8 Å². The normalized spacial score (nSPS) is 12.0. The van der Waals surface area contributed by atoms with Crippen molar-refractivity contribution in [3.8, 4) is 0 Å². The van der Waals surface area contributed by atoms with Gasteiger partial charge in [-0.25, -0.2) is 13.1 Å². The molecule has 0 atom stereocenters. The summed E-state index contributed by atoms with van der Waals surface area (Å²) >= 11 is 0. The molecule has 0 unspecified atom stereocenters. The summed E-state index contributed by atoms with van der Waals surface area (Å²) in [4.78, 5) is 0. The molecule has 0 spiro atoms. The van der Waals surface area contributed by atoms with E-state index in [9.17, 15) is 8.42 Å². The predicted octanol–water partition coefficient (Wildman–Crippen LogP) is 2.50. The molecular weight excluding hydrogens is 416 g/mol. The van der Waals surface area contributed by atoms with Crippen LogP contribution in [0.3, 0.4) is 0 Å².